The predicted molar refractivity (Wildman–Crippen MR) is 114 cm³/mol. The fraction of sp³-hybridized carbons (Fsp3) is 0.0909. The number of halogens is 7. The number of alkyl halides is 3. The Morgan fingerprint density at radius 1 is 1.03 bits per heavy atom. The smallest absolute Gasteiger partial charge is 0.341 e. The van der Waals surface area contributed by atoms with Gasteiger partial charge in [-0.2, -0.15) is 13.2 Å². The van der Waals surface area contributed by atoms with Crippen molar-refractivity contribution in [3.63, 3.8) is 0 Å². The van der Waals surface area contributed by atoms with E-state index < -0.39 is 46.8 Å². The molecule has 1 aliphatic heterocycles. The Kier molecular flexibility index (Phi) is 5.92. The zero-order chi connectivity index (χ0) is 24.1. The highest BCUT2D eigenvalue weighted by atomic mass is 79.9. The molecule has 2 amide bonds. The Morgan fingerprint density at radius 2 is 1.76 bits per heavy atom. The molecule has 4 nitrogen and oxygen atoms in total. The van der Waals surface area contributed by atoms with Gasteiger partial charge >= 0.3 is 6.18 Å². The van der Waals surface area contributed by atoms with Crippen molar-refractivity contribution in [3.05, 3.63) is 97.5 Å². The first-order valence-electron chi connectivity index (χ1n) is 9.22. The number of carbonyl (C=O) groups is 2. The SMILES string of the molecule is O=C(Nc1cc(Br)cc2c1[C@@H](c1cc(F)ccc1Cl)NC2=O)c1cc(F)cc(C(F)(F)F)c1. The number of fused-ring (bicyclic) bond motifs is 1. The highest BCUT2D eigenvalue weighted by molar-refractivity contribution is 9.10. The topological polar surface area (TPSA) is 58.2 Å². The van der Waals surface area contributed by atoms with Crippen LogP contribution in [0.3, 0.4) is 0 Å². The predicted octanol–water partition coefficient (Wildman–Crippen LogP) is 6.48. The maximum Gasteiger partial charge on any atom is 0.416 e. The second kappa shape index (κ2) is 8.42. The summed E-state index contributed by atoms with van der Waals surface area (Å²) in [4.78, 5) is 25.3. The Labute approximate surface area is 196 Å². The van der Waals surface area contributed by atoms with Crippen LogP contribution in [0.25, 0.3) is 0 Å². The summed E-state index contributed by atoms with van der Waals surface area (Å²) in [5.41, 5.74) is -1.27. The first-order valence-corrected chi connectivity index (χ1v) is 10.4. The molecule has 1 aliphatic rings. The van der Waals surface area contributed by atoms with Crippen LogP contribution in [-0.2, 0) is 6.18 Å². The highest BCUT2D eigenvalue weighted by Gasteiger charge is 2.35. The van der Waals surface area contributed by atoms with E-state index in [1.54, 1.807) is 0 Å². The second-order valence-corrected chi connectivity index (χ2v) is 8.49. The average molecular weight is 546 g/mol. The van der Waals surface area contributed by atoms with Crippen molar-refractivity contribution < 1.29 is 31.5 Å². The van der Waals surface area contributed by atoms with Gasteiger partial charge in [0.15, 0.2) is 0 Å². The third-order valence-electron chi connectivity index (χ3n) is 4.96. The summed E-state index contributed by atoms with van der Waals surface area (Å²) in [6, 6.07) is 6.95. The number of amides is 2. The largest absolute Gasteiger partial charge is 0.416 e. The number of carbonyl (C=O) groups excluding carboxylic acids is 2. The van der Waals surface area contributed by atoms with Crippen molar-refractivity contribution >= 4 is 45.0 Å². The molecule has 3 aromatic carbocycles. The van der Waals surface area contributed by atoms with Gasteiger partial charge in [-0.05, 0) is 48.5 Å². The summed E-state index contributed by atoms with van der Waals surface area (Å²) in [6.07, 6.45) is -4.86. The molecule has 1 atom stereocenters. The van der Waals surface area contributed by atoms with Crippen molar-refractivity contribution in [1.82, 2.24) is 5.32 Å². The number of rotatable bonds is 3. The lowest BCUT2D eigenvalue weighted by Crippen LogP contribution is -2.21. The van der Waals surface area contributed by atoms with Crippen LogP contribution in [0.4, 0.5) is 27.6 Å². The van der Waals surface area contributed by atoms with Crippen LogP contribution < -0.4 is 10.6 Å². The van der Waals surface area contributed by atoms with E-state index in [-0.39, 0.29) is 33.5 Å². The van der Waals surface area contributed by atoms with E-state index in [1.807, 2.05) is 0 Å². The molecule has 4 rings (SSSR count). The van der Waals surface area contributed by atoms with Crippen LogP contribution in [-0.4, -0.2) is 11.8 Å². The maximum atomic E-state index is 13.9. The second-order valence-electron chi connectivity index (χ2n) is 7.17. The molecular formula is C22H11BrClF5N2O2. The van der Waals surface area contributed by atoms with E-state index in [2.05, 4.69) is 26.6 Å². The Bertz CT molecular complexity index is 1310. The van der Waals surface area contributed by atoms with Crippen LogP contribution in [0, 0.1) is 11.6 Å². The Hall–Kier alpha value is -2.98. The molecule has 0 fully saturated rings. The number of anilines is 1. The van der Waals surface area contributed by atoms with Crippen LogP contribution in [0.1, 0.15) is 43.4 Å². The van der Waals surface area contributed by atoms with Gasteiger partial charge in [0.05, 0.1) is 11.6 Å². The summed E-state index contributed by atoms with van der Waals surface area (Å²) in [7, 11) is 0. The van der Waals surface area contributed by atoms with E-state index in [9.17, 15) is 31.5 Å². The lowest BCUT2D eigenvalue weighted by Gasteiger charge is -2.18. The fourth-order valence-electron chi connectivity index (χ4n) is 3.55. The molecule has 0 aliphatic carbocycles. The van der Waals surface area contributed by atoms with Gasteiger partial charge in [-0.15, -0.1) is 0 Å². The molecule has 3 aromatic rings. The molecule has 2 N–H and O–H groups in total. The molecule has 0 spiro atoms. The van der Waals surface area contributed by atoms with Crippen molar-refractivity contribution in [2.75, 3.05) is 5.32 Å². The van der Waals surface area contributed by atoms with Gasteiger partial charge in [0.2, 0.25) is 0 Å². The average Bonchev–Trinajstić information content (AvgIpc) is 3.05. The number of nitrogens with one attached hydrogen (secondary N) is 2. The molecule has 0 saturated heterocycles. The number of hydrogen-bond donors (Lipinski definition) is 2. The van der Waals surface area contributed by atoms with E-state index in [1.165, 1.54) is 18.2 Å². The molecule has 170 valence electrons. The summed E-state index contributed by atoms with van der Waals surface area (Å²) in [5, 5.41) is 5.23. The summed E-state index contributed by atoms with van der Waals surface area (Å²) in [5.74, 6) is -3.42. The molecule has 0 bridgehead atoms. The monoisotopic (exact) mass is 544 g/mol. The van der Waals surface area contributed by atoms with Gasteiger partial charge in [-0.25, -0.2) is 8.78 Å². The zero-order valence-electron chi connectivity index (χ0n) is 16.2. The third kappa shape index (κ3) is 4.58. The molecule has 11 heteroatoms. The molecule has 1 heterocycles. The number of hydrogen-bond acceptors (Lipinski definition) is 2. The van der Waals surface area contributed by atoms with E-state index in [0.717, 1.165) is 12.1 Å². The molecule has 33 heavy (non-hydrogen) atoms. The van der Waals surface area contributed by atoms with Crippen LogP contribution >= 0.6 is 27.5 Å². The number of benzene rings is 3. The van der Waals surface area contributed by atoms with Crippen molar-refractivity contribution in [3.8, 4) is 0 Å². The zero-order valence-corrected chi connectivity index (χ0v) is 18.5. The minimum Gasteiger partial charge on any atom is -0.341 e. The van der Waals surface area contributed by atoms with E-state index in [0.29, 0.717) is 16.6 Å². The van der Waals surface area contributed by atoms with Gasteiger partial charge < -0.3 is 10.6 Å². The third-order valence-corrected chi connectivity index (χ3v) is 5.76. The fourth-order valence-corrected chi connectivity index (χ4v) is 4.23. The van der Waals surface area contributed by atoms with Gasteiger partial charge in [0.25, 0.3) is 11.8 Å². The minimum absolute atomic E-state index is 0.0471. The lowest BCUT2D eigenvalue weighted by atomic mass is 9.96. The molecule has 0 unspecified atom stereocenters. The standard InChI is InChI=1S/C22H11BrClF5N2O2/c23-11-6-15-18(19(31-21(15)33)14-8-12(25)1-2-16(14)24)17(7-11)30-20(32)9-3-10(22(27,28)29)5-13(26)4-9/h1-8,19H,(H,30,32)(H,31,33)/t19-/m1/s1. The van der Waals surface area contributed by atoms with Crippen molar-refractivity contribution in [1.29, 1.82) is 0 Å². The first-order chi connectivity index (χ1) is 15.4. The van der Waals surface area contributed by atoms with Crippen LogP contribution in [0.5, 0.6) is 0 Å². The highest BCUT2D eigenvalue weighted by Crippen LogP contribution is 2.41. The van der Waals surface area contributed by atoms with Gasteiger partial charge in [0.1, 0.15) is 11.6 Å². The Balaban J connectivity index is 1.79. The quantitative estimate of drug-likeness (QED) is 0.370. The van der Waals surface area contributed by atoms with Gasteiger partial charge in [-0.1, -0.05) is 27.5 Å². The molecular weight excluding hydrogens is 535 g/mol. The van der Waals surface area contributed by atoms with Crippen molar-refractivity contribution in [2.24, 2.45) is 0 Å². The lowest BCUT2D eigenvalue weighted by molar-refractivity contribution is -0.137. The van der Waals surface area contributed by atoms with Gasteiger partial charge in [0, 0.05) is 37.4 Å². The molecule has 0 saturated carbocycles. The van der Waals surface area contributed by atoms with E-state index in [4.69, 9.17) is 11.6 Å². The summed E-state index contributed by atoms with van der Waals surface area (Å²) < 4.78 is 67.1. The summed E-state index contributed by atoms with van der Waals surface area (Å²) >= 11 is 9.41. The maximum absolute atomic E-state index is 13.9. The summed E-state index contributed by atoms with van der Waals surface area (Å²) in [6.45, 7) is 0. The molecule has 0 radical (unpaired) electrons. The first kappa shape index (κ1) is 23.2. The van der Waals surface area contributed by atoms with Crippen LogP contribution in [0.2, 0.25) is 5.02 Å². The minimum atomic E-state index is -4.86. The van der Waals surface area contributed by atoms with Crippen molar-refractivity contribution in [2.45, 2.75) is 12.2 Å². The Morgan fingerprint density at radius 3 is 2.45 bits per heavy atom. The van der Waals surface area contributed by atoms with Crippen LogP contribution in [0.15, 0.2) is 53.0 Å². The van der Waals surface area contributed by atoms with Gasteiger partial charge in [-0.3, -0.25) is 9.59 Å². The normalized spacial score (nSPS) is 15.2. The van der Waals surface area contributed by atoms with E-state index >= 15 is 0 Å². The molecule has 0 aromatic heterocycles.